The summed E-state index contributed by atoms with van der Waals surface area (Å²) in [6.45, 7) is 1.60. The number of hydrogen-bond donors (Lipinski definition) is 1. The summed E-state index contributed by atoms with van der Waals surface area (Å²) in [5.41, 5.74) is 0. The van der Waals surface area contributed by atoms with E-state index in [2.05, 4.69) is 4.18 Å². The zero-order valence-electron chi connectivity index (χ0n) is 9.16. The Balaban J connectivity index is 2.36. The van der Waals surface area contributed by atoms with Gasteiger partial charge in [-0.05, 0) is 0 Å². The maximum Gasteiger partial charge on any atom is 0.397 e. The monoisotopic (exact) mass is 283 g/mol. The van der Waals surface area contributed by atoms with Crippen LogP contribution >= 0.6 is 11.8 Å². The highest BCUT2D eigenvalue weighted by Crippen LogP contribution is 2.23. The second kappa shape index (κ2) is 5.80. The van der Waals surface area contributed by atoms with Gasteiger partial charge in [0.25, 0.3) is 0 Å². The molecule has 17 heavy (non-hydrogen) atoms. The summed E-state index contributed by atoms with van der Waals surface area (Å²) < 4.78 is 33.0. The molecule has 1 aliphatic rings. The molecule has 1 atom stereocenters. The van der Waals surface area contributed by atoms with Crippen molar-refractivity contribution in [2.45, 2.75) is 18.6 Å². The van der Waals surface area contributed by atoms with Gasteiger partial charge in [-0.2, -0.15) is 8.42 Å². The molecule has 0 spiro atoms. The standard InChI is InChI=1S/C8H13NO6S2/c1-6(10)16-7-4-8(11)9(5-7)2-3-15-17(12,13)14/h7H,2-5H2,1H3,(H,12,13,14). The minimum absolute atomic E-state index is 0.0566. The van der Waals surface area contributed by atoms with Crippen molar-refractivity contribution in [2.24, 2.45) is 0 Å². The number of carbonyl (C=O) groups excluding carboxylic acids is 2. The van der Waals surface area contributed by atoms with Crippen molar-refractivity contribution in [1.29, 1.82) is 0 Å². The molecule has 1 N–H and O–H groups in total. The molecule has 1 fully saturated rings. The van der Waals surface area contributed by atoms with Crippen molar-refractivity contribution in [3.8, 4) is 0 Å². The van der Waals surface area contributed by atoms with E-state index in [-0.39, 0.29) is 35.8 Å². The molecule has 1 amide bonds. The van der Waals surface area contributed by atoms with Crippen LogP contribution in [0.1, 0.15) is 13.3 Å². The van der Waals surface area contributed by atoms with E-state index in [1.807, 2.05) is 0 Å². The number of hydrogen-bond acceptors (Lipinski definition) is 6. The van der Waals surface area contributed by atoms with Crippen LogP contribution in [0.15, 0.2) is 0 Å². The third-order valence-electron chi connectivity index (χ3n) is 2.11. The van der Waals surface area contributed by atoms with Gasteiger partial charge in [0.1, 0.15) is 0 Å². The Morgan fingerprint density at radius 2 is 2.29 bits per heavy atom. The van der Waals surface area contributed by atoms with Crippen molar-refractivity contribution >= 4 is 33.2 Å². The highest BCUT2D eigenvalue weighted by molar-refractivity contribution is 8.14. The molecule has 98 valence electrons. The molecule has 7 nitrogen and oxygen atoms in total. The van der Waals surface area contributed by atoms with E-state index in [0.29, 0.717) is 6.54 Å². The van der Waals surface area contributed by atoms with E-state index >= 15 is 0 Å². The molecule has 0 bridgehead atoms. The lowest BCUT2D eigenvalue weighted by molar-refractivity contribution is -0.128. The zero-order valence-corrected chi connectivity index (χ0v) is 10.8. The second-order valence-corrected chi connectivity index (χ2v) is 6.09. The maximum absolute atomic E-state index is 11.5. The summed E-state index contributed by atoms with van der Waals surface area (Å²) in [6.07, 6.45) is 0.260. The first-order valence-electron chi connectivity index (χ1n) is 4.85. The van der Waals surface area contributed by atoms with Crippen LogP contribution in [0.2, 0.25) is 0 Å². The number of nitrogens with zero attached hydrogens (tertiary/aromatic N) is 1. The molecule has 9 heteroatoms. The van der Waals surface area contributed by atoms with Gasteiger partial charge in [-0.3, -0.25) is 14.1 Å². The van der Waals surface area contributed by atoms with Crippen molar-refractivity contribution in [3.05, 3.63) is 0 Å². The minimum Gasteiger partial charge on any atom is -0.339 e. The van der Waals surface area contributed by atoms with Gasteiger partial charge in [-0.15, -0.1) is 0 Å². The van der Waals surface area contributed by atoms with Crippen LogP contribution in [0, 0.1) is 0 Å². The lowest BCUT2D eigenvalue weighted by Crippen LogP contribution is -2.30. The maximum atomic E-state index is 11.5. The lowest BCUT2D eigenvalue weighted by Gasteiger charge is -2.15. The zero-order chi connectivity index (χ0) is 13.1. The Kier molecular flexibility index (Phi) is 4.92. The van der Waals surface area contributed by atoms with Crippen molar-refractivity contribution in [2.75, 3.05) is 19.7 Å². The van der Waals surface area contributed by atoms with Gasteiger partial charge in [0.2, 0.25) is 5.91 Å². The molecule has 0 radical (unpaired) electrons. The predicted molar refractivity (Wildman–Crippen MR) is 60.8 cm³/mol. The molecule has 0 aromatic heterocycles. The highest BCUT2D eigenvalue weighted by Gasteiger charge is 2.30. The van der Waals surface area contributed by atoms with E-state index in [1.165, 1.54) is 11.8 Å². The van der Waals surface area contributed by atoms with Gasteiger partial charge in [0.15, 0.2) is 5.12 Å². The largest absolute Gasteiger partial charge is 0.397 e. The van der Waals surface area contributed by atoms with Gasteiger partial charge in [-0.25, -0.2) is 4.18 Å². The lowest BCUT2D eigenvalue weighted by atomic mass is 10.4. The smallest absolute Gasteiger partial charge is 0.339 e. The average molecular weight is 283 g/mol. The van der Waals surface area contributed by atoms with E-state index in [9.17, 15) is 18.0 Å². The van der Waals surface area contributed by atoms with Crippen LogP contribution < -0.4 is 0 Å². The van der Waals surface area contributed by atoms with E-state index in [4.69, 9.17) is 4.55 Å². The Labute approximate surface area is 103 Å². The Morgan fingerprint density at radius 1 is 1.65 bits per heavy atom. The molecule has 1 unspecified atom stereocenters. The minimum atomic E-state index is -4.46. The fourth-order valence-corrected chi connectivity index (χ4v) is 2.75. The average Bonchev–Trinajstić information content (AvgIpc) is 2.43. The SMILES string of the molecule is CC(=O)SC1CC(=O)N(CCOS(=O)(=O)O)C1. The highest BCUT2D eigenvalue weighted by atomic mass is 32.3. The molecule has 1 rings (SSSR count). The van der Waals surface area contributed by atoms with E-state index in [0.717, 1.165) is 11.8 Å². The van der Waals surface area contributed by atoms with Gasteiger partial charge in [-0.1, -0.05) is 11.8 Å². The number of rotatable bonds is 5. The van der Waals surface area contributed by atoms with Gasteiger partial charge in [0.05, 0.1) is 6.61 Å². The number of carbonyl (C=O) groups is 2. The molecular weight excluding hydrogens is 270 g/mol. The van der Waals surface area contributed by atoms with Crippen LogP contribution in [0.5, 0.6) is 0 Å². The third kappa shape index (κ3) is 5.48. The Morgan fingerprint density at radius 3 is 2.82 bits per heavy atom. The summed E-state index contributed by atoms with van der Waals surface area (Å²) in [5.74, 6) is -0.150. The topological polar surface area (TPSA) is 101 Å². The van der Waals surface area contributed by atoms with Gasteiger partial charge in [0, 0.05) is 31.7 Å². The Bertz CT molecular complexity index is 406. The fourth-order valence-electron chi connectivity index (χ4n) is 1.52. The third-order valence-corrected chi connectivity index (χ3v) is 3.55. The summed E-state index contributed by atoms with van der Waals surface area (Å²) in [6, 6.07) is 0. The number of likely N-dealkylation sites (tertiary alicyclic amines) is 1. The van der Waals surface area contributed by atoms with Crippen molar-refractivity contribution in [3.63, 3.8) is 0 Å². The summed E-state index contributed by atoms with van der Waals surface area (Å²) >= 11 is 1.10. The van der Waals surface area contributed by atoms with Crippen LogP contribution in [0.25, 0.3) is 0 Å². The number of thioether (sulfide) groups is 1. The van der Waals surface area contributed by atoms with Crippen LogP contribution in [-0.2, 0) is 24.2 Å². The summed E-state index contributed by atoms with van der Waals surface area (Å²) in [4.78, 5) is 23.7. The van der Waals surface area contributed by atoms with Crippen LogP contribution in [-0.4, -0.2) is 53.8 Å². The van der Waals surface area contributed by atoms with Crippen LogP contribution in [0.4, 0.5) is 0 Å². The predicted octanol–water partition coefficient (Wildman–Crippen LogP) is -0.314. The van der Waals surface area contributed by atoms with Gasteiger partial charge < -0.3 is 4.90 Å². The van der Waals surface area contributed by atoms with Crippen LogP contribution in [0.3, 0.4) is 0 Å². The molecule has 1 heterocycles. The second-order valence-electron chi connectivity index (χ2n) is 3.53. The molecular formula is C8H13NO6S2. The van der Waals surface area contributed by atoms with Gasteiger partial charge >= 0.3 is 10.4 Å². The Hall–Kier alpha value is -0.640. The molecule has 1 saturated heterocycles. The first-order valence-corrected chi connectivity index (χ1v) is 7.09. The normalized spacial score (nSPS) is 20.9. The molecule has 1 aliphatic heterocycles. The molecule has 0 aromatic rings. The number of amides is 1. The van der Waals surface area contributed by atoms with E-state index < -0.39 is 10.4 Å². The summed E-state index contributed by atoms with van der Waals surface area (Å²) in [5, 5.41) is -0.149. The van der Waals surface area contributed by atoms with Crippen molar-refractivity contribution < 1.29 is 26.7 Å². The van der Waals surface area contributed by atoms with E-state index in [1.54, 1.807) is 0 Å². The van der Waals surface area contributed by atoms with Crippen molar-refractivity contribution in [1.82, 2.24) is 4.90 Å². The molecule has 0 saturated carbocycles. The quantitative estimate of drug-likeness (QED) is 0.690. The summed E-state index contributed by atoms with van der Waals surface area (Å²) in [7, 11) is -4.46. The first-order chi connectivity index (χ1) is 7.78. The fraction of sp³-hybridized carbons (Fsp3) is 0.750. The molecule has 0 aliphatic carbocycles. The molecule has 0 aromatic carbocycles. The first kappa shape index (κ1) is 14.4.